The lowest BCUT2D eigenvalue weighted by Crippen LogP contribution is -2.39. The van der Waals surface area contributed by atoms with E-state index in [9.17, 15) is 9.18 Å². The number of amides is 1. The van der Waals surface area contributed by atoms with Crippen molar-refractivity contribution >= 4 is 5.91 Å². The molecule has 5 heteroatoms. The van der Waals surface area contributed by atoms with E-state index in [1.807, 2.05) is 0 Å². The zero-order chi connectivity index (χ0) is 13.1. The highest BCUT2D eigenvalue weighted by molar-refractivity contribution is 5.79. The maximum atomic E-state index is 13.1. The molecule has 0 aliphatic carbocycles. The van der Waals surface area contributed by atoms with Gasteiger partial charge in [-0.15, -0.1) is 0 Å². The van der Waals surface area contributed by atoms with Gasteiger partial charge in [-0.1, -0.05) is 0 Å². The minimum absolute atomic E-state index is 0.0684. The van der Waals surface area contributed by atoms with Gasteiger partial charge < -0.3 is 14.7 Å². The summed E-state index contributed by atoms with van der Waals surface area (Å²) in [5.74, 6) is -0.0748. The lowest BCUT2D eigenvalue weighted by Gasteiger charge is -2.28. The molecule has 2 rings (SSSR count). The Hall–Kier alpha value is -1.62. The van der Waals surface area contributed by atoms with Crippen LogP contribution in [-0.4, -0.2) is 42.7 Å². The third-order valence-electron chi connectivity index (χ3n) is 3.09. The Bertz CT molecular complexity index is 450. The molecule has 1 N–H and O–H groups in total. The van der Waals surface area contributed by atoms with Crippen LogP contribution < -0.4 is 4.74 Å². The van der Waals surface area contributed by atoms with Crippen molar-refractivity contribution in [2.45, 2.75) is 6.42 Å². The summed E-state index contributed by atoms with van der Waals surface area (Å²) in [5.41, 5.74) is 0.719. The van der Waals surface area contributed by atoms with Crippen LogP contribution in [0.4, 0.5) is 4.39 Å². The molecular formula is C13H16FNO3. The van der Waals surface area contributed by atoms with E-state index in [1.54, 1.807) is 13.1 Å². The second-order valence-corrected chi connectivity index (χ2v) is 4.45. The summed E-state index contributed by atoms with van der Waals surface area (Å²) in [4.78, 5) is 13.5. The second kappa shape index (κ2) is 5.35. The molecule has 1 aliphatic heterocycles. The molecule has 0 saturated carbocycles. The highest BCUT2D eigenvalue weighted by atomic mass is 19.1. The Labute approximate surface area is 105 Å². The van der Waals surface area contributed by atoms with Gasteiger partial charge in [0.1, 0.15) is 18.2 Å². The summed E-state index contributed by atoms with van der Waals surface area (Å²) in [6.07, 6.45) is 0.474. The quantitative estimate of drug-likeness (QED) is 0.868. The third kappa shape index (κ3) is 2.61. The molecule has 1 aromatic carbocycles. The highest BCUT2D eigenvalue weighted by Gasteiger charge is 2.28. The molecule has 4 nitrogen and oxygen atoms in total. The molecule has 0 radical (unpaired) electrons. The van der Waals surface area contributed by atoms with Gasteiger partial charge in [0.2, 0.25) is 5.91 Å². The number of aliphatic hydroxyl groups is 1. The number of nitrogens with zero attached hydrogens (tertiary/aromatic N) is 1. The van der Waals surface area contributed by atoms with Crippen LogP contribution in [0.5, 0.6) is 5.75 Å². The van der Waals surface area contributed by atoms with Gasteiger partial charge in [-0.2, -0.15) is 0 Å². The second-order valence-electron chi connectivity index (χ2n) is 4.45. The smallest absolute Gasteiger partial charge is 0.229 e. The topological polar surface area (TPSA) is 49.8 Å². The van der Waals surface area contributed by atoms with Crippen LogP contribution in [0.15, 0.2) is 18.2 Å². The van der Waals surface area contributed by atoms with Crippen LogP contribution in [0.1, 0.15) is 5.56 Å². The summed E-state index contributed by atoms with van der Waals surface area (Å²) in [6.45, 7) is 0.527. The van der Waals surface area contributed by atoms with Crippen LogP contribution in [0, 0.1) is 11.7 Å². The number of aliphatic hydroxyl groups excluding tert-OH is 1. The largest absolute Gasteiger partial charge is 0.492 e. The summed E-state index contributed by atoms with van der Waals surface area (Å²) < 4.78 is 18.6. The normalized spacial score (nSPS) is 17.8. The van der Waals surface area contributed by atoms with Gasteiger partial charge in [0.05, 0.1) is 12.5 Å². The molecule has 0 saturated heterocycles. The standard InChI is InChI=1S/C13H16FNO3/c1-15(4-5-16)13(17)10-6-9-7-11(14)2-3-12(9)18-8-10/h2-3,7,10,16H,4-6,8H2,1H3. The van der Waals surface area contributed by atoms with Crippen molar-refractivity contribution in [1.82, 2.24) is 4.90 Å². The molecule has 0 bridgehead atoms. The van der Waals surface area contributed by atoms with Crippen LogP contribution in [-0.2, 0) is 11.2 Å². The van der Waals surface area contributed by atoms with Crippen LogP contribution in [0.3, 0.4) is 0 Å². The van der Waals surface area contributed by atoms with Crippen molar-refractivity contribution < 1.29 is 19.0 Å². The Morgan fingerprint density at radius 3 is 3.11 bits per heavy atom. The van der Waals surface area contributed by atoms with Crippen LogP contribution >= 0.6 is 0 Å². The van der Waals surface area contributed by atoms with E-state index in [-0.39, 0.29) is 24.2 Å². The zero-order valence-corrected chi connectivity index (χ0v) is 10.2. The summed E-state index contributed by atoms with van der Waals surface area (Å²) in [5, 5.41) is 8.80. The average Bonchev–Trinajstić information content (AvgIpc) is 2.37. The van der Waals surface area contributed by atoms with Gasteiger partial charge in [-0.3, -0.25) is 4.79 Å². The van der Waals surface area contributed by atoms with Gasteiger partial charge >= 0.3 is 0 Å². The SMILES string of the molecule is CN(CCO)C(=O)C1COc2ccc(F)cc2C1. The van der Waals surface area contributed by atoms with Gasteiger partial charge in [0.25, 0.3) is 0 Å². The van der Waals surface area contributed by atoms with E-state index >= 15 is 0 Å². The van der Waals surface area contributed by atoms with Crippen LogP contribution in [0.2, 0.25) is 0 Å². The number of ether oxygens (including phenoxy) is 1. The van der Waals surface area contributed by atoms with E-state index in [0.717, 1.165) is 5.56 Å². The van der Waals surface area contributed by atoms with E-state index in [4.69, 9.17) is 9.84 Å². The maximum absolute atomic E-state index is 13.1. The van der Waals surface area contributed by atoms with Crippen molar-refractivity contribution in [3.05, 3.63) is 29.6 Å². The molecule has 0 spiro atoms. The number of fused-ring (bicyclic) bond motifs is 1. The number of benzene rings is 1. The predicted octanol–water partition coefficient (Wildman–Crippen LogP) is 0.827. The monoisotopic (exact) mass is 253 g/mol. The molecule has 1 aromatic rings. The summed E-state index contributed by atoms with van der Waals surface area (Å²) >= 11 is 0. The van der Waals surface area contributed by atoms with Crippen molar-refractivity contribution in [2.75, 3.05) is 26.8 Å². The van der Waals surface area contributed by atoms with Crippen molar-refractivity contribution in [3.8, 4) is 5.75 Å². The molecular weight excluding hydrogens is 237 g/mol. The Morgan fingerprint density at radius 1 is 1.61 bits per heavy atom. The van der Waals surface area contributed by atoms with Crippen molar-refractivity contribution in [2.24, 2.45) is 5.92 Å². The Morgan fingerprint density at radius 2 is 2.39 bits per heavy atom. The van der Waals surface area contributed by atoms with E-state index in [0.29, 0.717) is 25.3 Å². The van der Waals surface area contributed by atoms with Gasteiger partial charge in [0, 0.05) is 13.6 Å². The van der Waals surface area contributed by atoms with Gasteiger partial charge in [0.15, 0.2) is 0 Å². The molecule has 1 amide bonds. The van der Waals surface area contributed by atoms with E-state index < -0.39 is 0 Å². The summed E-state index contributed by atoms with van der Waals surface area (Å²) in [6, 6.07) is 4.34. The fourth-order valence-corrected chi connectivity index (χ4v) is 2.09. The number of hydrogen-bond acceptors (Lipinski definition) is 3. The van der Waals surface area contributed by atoms with Crippen molar-refractivity contribution in [1.29, 1.82) is 0 Å². The first-order valence-electron chi connectivity index (χ1n) is 5.89. The molecule has 1 atom stereocenters. The lowest BCUT2D eigenvalue weighted by molar-refractivity contribution is -0.136. The lowest BCUT2D eigenvalue weighted by atomic mass is 9.95. The first kappa shape index (κ1) is 12.8. The molecule has 0 fully saturated rings. The minimum atomic E-state index is -0.325. The third-order valence-corrected chi connectivity index (χ3v) is 3.09. The molecule has 98 valence electrons. The Kier molecular flexibility index (Phi) is 3.81. The maximum Gasteiger partial charge on any atom is 0.229 e. The van der Waals surface area contributed by atoms with Gasteiger partial charge in [-0.25, -0.2) is 4.39 Å². The fourth-order valence-electron chi connectivity index (χ4n) is 2.09. The first-order valence-corrected chi connectivity index (χ1v) is 5.89. The number of carbonyl (C=O) groups is 1. The molecule has 1 aliphatic rings. The van der Waals surface area contributed by atoms with E-state index in [2.05, 4.69) is 0 Å². The number of hydrogen-bond donors (Lipinski definition) is 1. The number of likely N-dealkylation sites (N-methyl/N-ethyl adjacent to an activating group) is 1. The molecule has 18 heavy (non-hydrogen) atoms. The molecule has 1 heterocycles. The zero-order valence-electron chi connectivity index (χ0n) is 10.2. The number of rotatable bonds is 3. The fraction of sp³-hybridized carbons (Fsp3) is 0.462. The van der Waals surface area contributed by atoms with Crippen LogP contribution in [0.25, 0.3) is 0 Å². The van der Waals surface area contributed by atoms with Crippen molar-refractivity contribution in [3.63, 3.8) is 0 Å². The first-order chi connectivity index (χ1) is 8.61. The Balaban J connectivity index is 2.09. The molecule has 1 unspecified atom stereocenters. The number of halogens is 1. The van der Waals surface area contributed by atoms with Gasteiger partial charge in [-0.05, 0) is 30.2 Å². The number of carbonyl (C=O) groups excluding carboxylic acids is 1. The highest BCUT2D eigenvalue weighted by Crippen LogP contribution is 2.28. The minimum Gasteiger partial charge on any atom is -0.492 e. The average molecular weight is 253 g/mol. The summed E-state index contributed by atoms with van der Waals surface area (Å²) in [7, 11) is 1.64. The molecule has 0 aromatic heterocycles. The van der Waals surface area contributed by atoms with E-state index in [1.165, 1.54) is 17.0 Å². The predicted molar refractivity (Wildman–Crippen MR) is 63.8 cm³/mol.